The van der Waals surface area contributed by atoms with Gasteiger partial charge in [0.1, 0.15) is 0 Å². The zero-order valence-electron chi connectivity index (χ0n) is 8.03. The van der Waals surface area contributed by atoms with Gasteiger partial charge < -0.3 is 10.5 Å². The standard InChI is InChI=1S/C11H12N2O/c1-14-7-9-4-2-3-8-5-10(12)6-13-11(8)9/h2-6H,7,12H2,1H3. The summed E-state index contributed by atoms with van der Waals surface area (Å²) in [6, 6.07) is 7.91. The summed E-state index contributed by atoms with van der Waals surface area (Å²) in [5.74, 6) is 0. The molecule has 0 spiro atoms. The molecule has 0 amide bonds. The Kier molecular flexibility index (Phi) is 2.33. The molecule has 0 atom stereocenters. The number of para-hydroxylation sites is 1. The maximum atomic E-state index is 5.65. The zero-order valence-corrected chi connectivity index (χ0v) is 8.03. The molecule has 1 aromatic heterocycles. The second-order valence-electron chi connectivity index (χ2n) is 3.19. The third-order valence-corrected chi connectivity index (χ3v) is 2.12. The summed E-state index contributed by atoms with van der Waals surface area (Å²) < 4.78 is 5.09. The molecule has 0 bridgehead atoms. The highest BCUT2D eigenvalue weighted by Crippen LogP contribution is 2.18. The summed E-state index contributed by atoms with van der Waals surface area (Å²) in [5, 5.41) is 1.06. The third kappa shape index (κ3) is 1.54. The van der Waals surface area contributed by atoms with Crippen molar-refractivity contribution in [2.24, 2.45) is 0 Å². The zero-order chi connectivity index (χ0) is 9.97. The summed E-state index contributed by atoms with van der Waals surface area (Å²) in [5.41, 5.74) is 8.39. The number of nitrogen functional groups attached to an aromatic ring is 1. The highest BCUT2D eigenvalue weighted by molar-refractivity contribution is 5.83. The van der Waals surface area contributed by atoms with Gasteiger partial charge in [0, 0.05) is 18.1 Å². The molecule has 1 aromatic carbocycles. The molecule has 0 saturated heterocycles. The molecule has 1 heterocycles. The molecule has 0 unspecified atom stereocenters. The van der Waals surface area contributed by atoms with E-state index >= 15 is 0 Å². The van der Waals surface area contributed by atoms with Crippen molar-refractivity contribution in [2.45, 2.75) is 6.61 Å². The fourth-order valence-corrected chi connectivity index (χ4v) is 1.51. The molecule has 0 saturated carbocycles. The SMILES string of the molecule is COCc1cccc2cc(N)cnc12. The van der Waals surface area contributed by atoms with Crippen LogP contribution >= 0.6 is 0 Å². The smallest absolute Gasteiger partial charge is 0.0758 e. The third-order valence-electron chi connectivity index (χ3n) is 2.12. The first kappa shape index (κ1) is 8.97. The first-order valence-corrected chi connectivity index (χ1v) is 4.43. The second kappa shape index (κ2) is 3.64. The van der Waals surface area contributed by atoms with Gasteiger partial charge in [0.15, 0.2) is 0 Å². The molecular weight excluding hydrogens is 176 g/mol. The van der Waals surface area contributed by atoms with Crippen LogP contribution in [0.1, 0.15) is 5.56 Å². The van der Waals surface area contributed by atoms with E-state index in [-0.39, 0.29) is 0 Å². The van der Waals surface area contributed by atoms with Gasteiger partial charge in [-0.3, -0.25) is 4.98 Å². The lowest BCUT2D eigenvalue weighted by molar-refractivity contribution is 0.186. The molecule has 0 fully saturated rings. The summed E-state index contributed by atoms with van der Waals surface area (Å²) in [7, 11) is 1.68. The van der Waals surface area contributed by atoms with E-state index < -0.39 is 0 Å². The molecule has 0 aliphatic rings. The summed E-state index contributed by atoms with van der Waals surface area (Å²) in [4.78, 5) is 4.29. The number of hydrogen-bond acceptors (Lipinski definition) is 3. The first-order valence-electron chi connectivity index (χ1n) is 4.43. The fraction of sp³-hybridized carbons (Fsp3) is 0.182. The van der Waals surface area contributed by atoms with E-state index in [4.69, 9.17) is 10.5 Å². The van der Waals surface area contributed by atoms with Crippen LogP contribution in [0.3, 0.4) is 0 Å². The van der Waals surface area contributed by atoms with E-state index in [9.17, 15) is 0 Å². The quantitative estimate of drug-likeness (QED) is 0.783. The number of aromatic nitrogens is 1. The number of benzene rings is 1. The topological polar surface area (TPSA) is 48.1 Å². The molecule has 0 aliphatic carbocycles. The summed E-state index contributed by atoms with van der Waals surface area (Å²) in [6.07, 6.45) is 1.67. The monoisotopic (exact) mass is 188 g/mol. The molecular formula is C11H12N2O. The fourth-order valence-electron chi connectivity index (χ4n) is 1.51. The number of nitrogens with two attached hydrogens (primary N) is 1. The predicted octanol–water partition coefficient (Wildman–Crippen LogP) is 1.96. The Hall–Kier alpha value is -1.61. The average molecular weight is 188 g/mol. The minimum absolute atomic E-state index is 0.578. The van der Waals surface area contributed by atoms with Crippen LogP contribution in [0, 0.1) is 0 Å². The van der Waals surface area contributed by atoms with Crippen LogP contribution in [0.25, 0.3) is 10.9 Å². The average Bonchev–Trinajstić information content (AvgIpc) is 2.18. The van der Waals surface area contributed by atoms with Crippen molar-refractivity contribution in [3.8, 4) is 0 Å². The molecule has 0 aliphatic heterocycles. The van der Waals surface area contributed by atoms with Crippen molar-refractivity contribution in [1.29, 1.82) is 0 Å². The van der Waals surface area contributed by atoms with Gasteiger partial charge in [0.2, 0.25) is 0 Å². The number of fused-ring (bicyclic) bond motifs is 1. The number of rotatable bonds is 2. The summed E-state index contributed by atoms with van der Waals surface area (Å²) >= 11 is 0. The number of pyridine rings is 1. The van der Waals surface area contributed by atoms with Crippen molar-refractivity contribution in [3.05, 3.63) is 36.0 Å². The van der Waals surface area contributed by atoms with Crippen LogP contribution in [-0.4, -0.2) is 12.1 Å². The Labute approximate surface area is 82.5 Å². The number of methoxy groups -OCH3 is 1. The Morgan fingerprint density at radius 2 is 2.29 bits per heavy atom. The molecule has 2 rings (SSSR count). The van der Waals surface area contributed by atoms with Gasteiger partial charge >= 0.3 is 0 Å². The van der Waals surface area contributed by atoms with Gasteiger partial charge in [-0.05, 0) is 6.07 Å². The Balaban J connectivity index is 2.62. The van der Waals surface area contributed by atoms with Crippen LogP contribution in [0.15, 0.2) is 30.5 Å². The van der Waals surface area contributed by atoms with Crippen molar-refractivity contribution in [3.63, 3.8) is 0 Å². The van der Waals surface area contributed by atoms with E-state index in [1.165, 1.54) is 0 Å². The number of hydrogen-bond donors (Lipinski definition) is 1. The van der Waals surface area contributed by atoms with Crippen molar-refractivity contribution >= 4 is 16.6 Å². The van der Waals surface area contributed by atoms with E-state index in [2.05, 4.69) is 4.98 Å². The van der Waals surface area contributed by atoms with E-state index in [1.807, 2.05) is 24.3 Å². The molecule has 14 heavy (non-hydrogen) atoms. The molecule has 2 aromatic rings. The van der Waals surface area contributed by atoms with Crippen LogP contribution in [0.5, 0.6) is 0 Å². The van der Waals surface area contributed by atoms with Crippen molar-refractivity contribution in [2.75, 3.05) is 12.8 Å². The highest BCUT2D eigenvalue weighted by atomic mass is 16.5. The molecule has 72 valence electrons. The predicted molar refractivity (Wildman–Crippen MR) is 56.9 cm³/mol. The van der Waals surface area contributed by atoms with E-state index in [1.54, 1.807) is 13.3 Å². The van der Waals surface area contributed by atoms with Crippen LogP contribution in [0.4, 0.5) is 5.69 Å². The van der Waals surface area contributed by atoms with Crippen LogP contribution in [0.2, 0.25) is 0 Å². The number of ether oxygens (including phenoxy) is 1. The highest BCUT2D eigenvalue weighted by Gasteiger charge is 2.01. The Bertz CT molecular complexity index is 454. The molecule has 2 N–H and O–H groups in total. The van der Waals surface area contributed by atoms with Crippen LogP contribution in [-0.2, 0) is 11.3 Å². The van der Waals surface area contributed by atoms with Crippen molar-refractivity contribution < 1.29 is 4.74 Å². The number of anilines is 1. The summed E-state index contributed by atoms with van der Waals surface area (Å²) in [6.45, 7) is 0.578. The first-order chi connectivity index (χ1) is 6.81. The van der Waals surface area contributed by atoms with Gasteiger partial charge in [-0.1, -0.05) is 18.2 Å². The van der Waals surface area contributed by atoms with E-state index in [0.717, 1.165) is 16.5 Å². The lowest BCUT2D eigenvalue weighted by Gasteiger charge is -2.04. The minimum atomic E-state index is 0.578. The van der Waals surface area contributed by atoms with Gasteiger partial charge in [-0.25, -0.2) is 0 Å². The normalized spacial score (nSPS) is 10.6. The maximum absolute atomic E-state index is 5.65. The van der Waals surface area contributed by atoms with Gasteiger partial charge in [-0.2, -0.15) is 0 Å². The van der Waals surface area contributed by atoms with Gasteiger partial charge in [-0.15, -0.1) is 0 Å². The Morgan fingerprint density at radius 3 is 3.07 bits per heavy atom. The molecule has 3 heteroatoms. The largest absolute Gasteiger partial charge is 0.397 e. The minimum Gasteiger partial charge on any atom is -0.397 e. The second-order valence-corrected chi connectivity index (χ2v) is 3.19. The lowest BCUT2D eigenvalue weighted by atomic mass is 10.1. The number of nitrogens with zero attached hydrogens (tertiary/aromatic N) is 1. The van der Waals surface area contributed by atoms with E-state index in [0.29, 0.717) is 12.3 Å². The van der Waals surface area contributed by atoms with Crippen LogP contribution < -0.4 is 5.73 Å². The van der Waals surface area contributed by atoms with Gasteiger partial charge in [0.05, 0.1) is 24.0 Å². The molecule has 3 nitrogen and oxygen atoms in total. The lowest BCUT2D eigenvalue weighted by Crippen LogP contribution is -1.93. The van der Waals surface area contributed by atoms with Crippen molar-refractivity contribution in [1.82, 2.24) is 4.98 Å². The van der Waals surface area contributed by atoms with Gasteiger partial charge in [0.25, 0.3) is 0 Å². The maximum Gasteiger partial charge on any atom is 0.0758 e. The Morgan fingerprint density at radius 1 is 1.43 bits per heavy atom. The molecule has 0 radical (unpaired) electrons.